The summed E-state index contributed by atoms with van der Waals surface area (Å²) in [5.41, 5.74) is -0.668. The molecule has 0 radical (unpaired) electrons. The van der Waals surface area contributed by atoms with Crippen molar-refractivity contribution < 1.29 is 14.4 Å². The van der Waals surface area contributed by atoms with E-state index in [4.69, 9.17) is 4.74 Å². The molecule has 0 aromatic heterocycles. The maximum Gasteiger partial charge on any atom is 0.429 e. The van der Waals surface area contributed by atoms with Gasteiger partial charge in [0, 0.05) is 6.61 Å². The first-order chi connectivity index (χ1) is 5.40. The molecule has 0 aromatic rings. The minimum atomic E-state index is -1.47. The Morgan fingerprint density at radius 1 is 1.67 bits per heavy atom. The van der Waals surface area contributed by atoms with Gasteiger partial charge in [-0.3, -0.25) is 0 Å². The molecule has 0 aliphatic carbocycles. The fraction of sp³-hybridized carbons (Fsp3) is 1.00. The molecule has 0 bridgehead atoms. The second-order valence-electron chi connectivity index (χ2n) is 3.14. The summed E-state index contributed by atoms with van der Waals surface area (Å²) in [5.74, 6) is 0. The topological polar surface area (TPSA) is 58.6 Å². The minimum absolute atomic E-state index is 0.437. The summed E-state index contributed by atoms with van der Waals surface area (Å²) in [6.07, 6.45) is -0.929. The number of hydrogen-bond acceptors (Lipinski definition) is 3. The first kappa shape index (κ1) is 12.0. The number of rotatable bonds is 5. The third-order valence-corrected chi connectivity index (χ3v) is 2.28. The van der Waals surface area contributed by atoms with Gasteiger partial charge in [-0.05, 0) is 20.8 Å². The van der Waals surface area contributed by atoms with Gasteiger partial charge >= 0.3 is 7.95 Å². The Balaban J connectivity index is 4.07. The zero-order valence-electron chi connectivity index (χ0n) is 8.00. The lowest BCUT2D eigenvalue weighted by Crippen LogP contribution is -2.47. The first-order valence-electron chi connectivity index (χ1n) is 3.88. The van der Waals surface area contributed by atoms with Crippen LogP contribution in [0.2, 0.25) is 0 Å². The predicted octanol–water partition coefficient (Wildman–Crippen LogP) is 1.08. The van der Waals surface area contributed by atoms with E-state index in [0.29, 0.717) is 6.61 Å². The lowest BCUT2D eigenvalue weighted by Gasteiger charge is -2.25. The van der Waals surface area contributed by atoms with Crippen molar-refractivity contribution in [2.45, 2.75) is 32.6 Å². The van der Waals surface area contributed by atoms with Crippen LogP contribution in [0.1, 0.15) is 20.8 Å². The van der Waals surface area contributed by atoms with Gasteiger partial charge in [0.05, 0.1) is 0 Å². The quantitative estimate of drug-likeness (QED) is 0.508. The molecule has 0 aliphatic rings. The van der Waals surface area contributed by atoms with Crippen molar-refractivity contribution in [1.29, 1.82) is 0 Å². The van der Waals surface area contributed by atoms with Gasteiger partial charge in [-0.15, -0.1) is 0 Å². The first-order valence-corrected chi connectivity index (χ1v) is 5.59. The van der Waals surface area contributed by atoms with Crippen LogP contribution in [0.3, 0.4) is 0 Å². The second-order valence-corrected chi connectivity index (χ2v) is 4.36. The molecule has 0 aromatic carbocycles. The van der Waals surface area contributed by atoms with E-state index in [0.717, 1.165) is 0 Å². The summed E-state index contributed by atoms with van der Waals surface area (Å²) >= 11 is 0. The van der Waals surface area contributed by atoms with Crippen LogP contribution >= 0.6 is 7.95 Å². The van der Waals surface area contributed by atoms with E-state index >= 15 is 0 Å². The lowest BCUT2D eigenvalue weighted by atomic mass is 10.1. The predicted molar refractivity (Wildman–Crippen MR) is 48.4 cm³/mol. The van der Waals surface area contributed by atoms with E-state index in [-0.39, 0.29) is 0 Å². The Morgan fingerprint density at radius 2 is 2.17 bits per heavy atom. The van der Waals surface area contributed by atoms with Gasteiger partial charge in [0.2, 0.25) is 0 Å². The van der Waals surface area contributed by atoms with Gasteiger partial charge in [-0.25, -0.2) is 0 Å². The second kappa shape index (κ2) is 4.87. The van der Waals surface area contributed by atoms with E-state index in [1.807, 2.05) is 0 Å². The van der Waals surface area contributed by atoms with Gasteiger partial charge in [-0.1, -0.05) is 9.65 Å². The van der Waals surface area contributed by atoms with Crippen LogP contribution < -0.4 is 5.09 Å². The number of nitrogens with one attached hydrogen (secondary N) is 1. The van der Waals surface area contributed by atoms with Crippen molar-refractivity contribution in [2.24, 2.45) is 0 Å². The zero-order chi connectivity index (χ0) is 9.78. The molecule has 4 nitrogen and oxygen atoms in total. The Morgan fingerprint density at radius 3 is 2.50 bits per heavy atom. The molecule has 2 N–H and O–H groups in total. The molecule has 0 fully saturated rings. The Hall–Kier alpha value is -0.0200. The smallest absolute Gasteiger partial charge is 0.366 e. The summed E-state index contributed by atoms with van der Waals surface area (Å²) in [6, 6.07) is 0. The third-order valence-electron chi connectivity index (χ3n) is 1.39. The van der Waals surface area contributed by atoms with Crippen molar-refractivity contribution in [3.63, 3.8) is 0 Å². The van der Waals surface area contributed by atoms with Crippen LogP contribution in [-0.2, 0) is 9.30 Å². The van der Waals surface area contributed by atoms with Crippen LogP contribution in [0.4, 0.5) is 0 Å². The molecular weight excluding hydrogens is 177 g/mol. The fourth-order valence-corrected chi connectivity index (χ4v) is 1.75. The highest BCUT2D eigenvalue weighted by Gasteiger charge is 2.34. The molecule has 0 rings (SSSR count). The van der Waals surface area contributed by atoms with Crippen LogP contribution in [0, 0.1) is 0 Å². The normalized spacial score (nSPS) is 15.9. The standard InChI is InChI=1S/C7H17NO3P/c1-5-11-6(9)7(2,3)8-12(4)10/h6,9H,5H2,1-4H3,(H,8,10)/q+1. The molecular formula is C7H17NO3P+. The zero-order valence-corrected chi connectivity index (χ0v) is 8.89. The van der Waals surface area contributed by atoms with Crippen LogP contribution in [0.5, 0.6) is 0 Å². The average molecular weight is 194 g/mol. The summed E-state index contributed by atoms with van der Waals surface area (Å²) in [5, 5.41) is 12.2. The van der Waals surface area contributed by atoms with Crippen molar-refractivity contribution in [1.82, 2.24) is 5.09 Å². The third kappa shape index (κ3) is 4.12. The van der Waals surface area contributed by atoms with Gasteiger partial charge in [-0.2, -0.15) is 0 Å². The molecule has 0 saturated heterocycles. The summed E-state index contributed by atoms with van der Waals surface area (Å²) in [4.78, 5) is 0. The molecule has 0 aliphatic heterocycles. The summed E-state index contributed by atoms with van der Waals surface area (Å²) in [6.45, 7) is 7.27. The van der Waals surface area contributed by atoms with E-state index in [9.17, 15) is 9.67 Å². The average Bonchev–Trinajstić information content (AvgIpc) is 1.85. The maximum atomic E-state index is 10.8. The van der Waals surface area contributed by atoms with Gasteiger partial charge in [0.1, 0.15) is 5.54 Å². The van der Waals surface area contributed by atoms with Crippen molar-refractivity contribution in [3.05, 3.63) is 0 Å². The fourth-order valence-electron chi connectivity index (χ4n) is 0.827. The molecule has 2 atom stereocenters. The maximum absolute atomic E-state index is 10.8. The number of hydrogen-bond donors (Lipinski definition) is 2. The molecule has 72 valence electrons. The van der Waals surface area contributed by atoms with E-state index < -0.39 is 19.8 Å². The van der Waals surface area contributed by atoms with Crippen molar-refractivity contribution in [3.8, 4) is 0 Å². The van der Waals surface area contributed by atoms with E-state index in [2.05, 4.69) is 5.09 Å². The molecule has 12 heavy (non-hydrogen) atoms. The minimum Gasteiger partial charge on any atom is -0.366 e. The summed E-state index contributed by atoms with van der Waals surface area (Å²) < 4.78 is 15.8. The highest BCUT2D eigenvalue weighted by molar-refractivity contribution is 7.41. The molecule has 5 heteroatoms. The highest BCUT2D eigenvalue weighted by Crippen LogP contribution is 2.19. The Labute approximate surface area is 74.1 Å². The molecule has 0 spiro atoms. The van der Waals surface area contributed by atoms with Gasteiger partial charge < -0.3 is 9.84 Å². The number of aliphatic hydroxyl groups excluding tert-OH is 1. The monoisotopic (exact) mass is 194 g/mol. The lowest BCUT2D eigenvalue weighted by molar-refractivity contribution is -0.135. The molecule has 2 unspecified atom stereocenters. The Bertz CT molecular complexity index is 161. The molecule has 0 heterocycles. The molecule has 0 saturated carbocycles. The Kier molecular flexibility index (Phi) is 4.87. The van der Waals surface area contributed by atoms with Gasteiger partial charge in [0.25, 0.3) is 0 Å². The van der Waals surface area contributed by atoms with Crippen molar-refractivity contribution in [2.75, 3.05) is 13.3 Å². The highest BCUT2D eigenvalue weighted by atomic mass is 31.1. The summed E-state index contributed by atoms with van der Waals surface area (Å²) in [7, 11) is -1.47. The van der Waals surface area contributed by atoms with E-state index in [1.165, 1.54) is 0 Å². The van der Waals surface area contributed by atoms with Crippen LogP contribution in [0.25, 0.3) is 0 Å². The number of ether oxygens (including phenoxy) is 1. The molecule has 0 amide bonds. The van der Waals surface area contributed by atoms with Crippen molar-refractivity contribution >= 4 is 7.95 Å². The van der Waals surface area contributed by atoms with Gasteiger partial charge in [0.15, 0.2) is 13.0 Å². The van der Waals surface area contributed by atoms with Crippen LogP contribution in [0.15, 0.2) is 0 Å². The largest absolute Gasteiger partial charge is 0.429 e. The van der Waals surface area contributed by atoms with Crippen LogP contribution in [-0.4, -0.2) is 30.2 Å². The SMILES string of the molecule is CCOC(O)C(C)(C)N[P+](C)=O. The number of aliphatic hydroxyl groups is 1. The van der Waals surface area contributed by atoms with E-state index in [1.54, 1.807) is 27.4 Å².